The minimum Gasteiger partial charge on any atom is -0.397 e. The van der Waals surface area contributed by atoms with Crippen molar-refractivity contribution in [3.05, 3.63) is 53.3 Å². The Labute approximate surface area is 111 Å². The fraction of sp³-hybridized carbons (Fsp3) is 0.200. The second kappa shape index (κ2) is 4.72. The van der Waals surface area contributed by atoms with Gasteiger partial charge in [0, 0.05) is 5.69 Å². The molecule has 4 heteroatoms. The number of carbonyl (C=O) groups is 1. The van der Waals surface area contributed by atoms with E-state index in [2.05, 4.69) is 22.4 Å². The third-order valence-corrected chi connectivity index (χ3v) is 3.38. The summed E-state index contributed by atoms with van der Waals surface area (Å²) in [7, 11) is 0. The Morgan fingerprint density at radius 3 is 2.79 bits per heavy atom. The maximum atomic E-state index is 12.0. The molecule has 96 valence electrons. The predicted molar refractivity (Wildman–Crippen MR) is 75.1 cm³/mol. The molecule has 0 saturated carbocycles. The first-order valence-electron chi connectivity index (χ1n) is 6.37. The van der Waals surface area contributed by atoms with E-state index in [1.807, 2.05) is 6.07 Å². The van der Waals surface area contributed by atoms with Crippen molar-refractivity contribution in [1.82, 2.24) is 4.98 Å². The summed E-state index contributed by atoms with van der Waals surface area (Å²) < 4.78 is 0. The molecule has 0 bridgehead atoms. The Bertz CT molecular complexity index is 620. The number of carbonyl (C=O) groups excluding carboxylic acids is 1. The SMILES string of the molecule is Nc1ccc(C(=O)Nc2ccc3c(c2)CCC3)nc1. The molecule has 1 heterocycles. The van der Waals surface area contributed by atoms with Crippen molar-refractivity contribution in [2.24, 2.45) is 0 Å². The molecule has 0 saturated heterocycles. The topological polar surface area (TPSA) is 68.0 Å². The van der Waals surface area contributed by atoms with E-state index in [0.717, 1.165) is 18.5 Å². The first-order chi connectivity index (χ1) is 9.22. The first-order valence-corrected chi connectivity index (χ1v) is 6.37. The minimum atomic E-state index is -0.210. The fourth-order valence-corrected chi connectivity index (χ4v) is 2.38. The molecular weight excluding hydrogens is 238 g/mol. The highest BCUT2D eigenvalue weighted by atomic mass is 16.1. The van der Waals surface area contributed by atoms with Gasteiger partial charge in [-0.3, -0.25) is 4.79 Å². The molecule has 0 atom stereocenters. The lowest BCUT2D eigenvalue weighted by atomic mass is 10.1. The third kappa shape index (κ3) is 2.42. The standard InChI is InChI=1S/C15H15N3O/c16-12-5-7-14(17-9-12)15(19)18-13-6-4-10-2-1-3-11(10)8-13/h4-9H,1-3,16H2,(H,18,19). The monoisotopic (exact) mass is 253 g/mol. The van der Waals surface area contributed by atoms with E-state index in [-0.39, 0.29) is 5.91 Å². The number of nitrogens with zero attached hydrogens (tertiary/aromatic N) is 1. The van der Waals surface area contributed by atoms with Crippen LogP contribution in [0.4, 0.5) is 11.4 Å². The molecule has 19 heavy (non-hydrogen) atoms. The minimum absolute atomic E-state index is 0.210. The predicted octanol–water partition coefficient (Wildman–Crippen LogP) is 2.40. The fourth-order valence-electron chi connectivity index (χ4n) is 2.38. The lowest BCUT2D eigenvalue weighted by Crippen LogP contribution is -2.13. The van der Waals surface area contributed by atoms with Crippen molar-refractivity contribution < 1.29 is 4.79 Å². The van der Waals surface area contributed by atoms with Crippen LogP contribution in [0.1, 0.15) is 28.0 Å². The van der Waals surface area contributed by atoms with Gasteiger partial charge in [0.1, 0.15) is 5.69 Å². The summed E-state index contributed by atoms with van der Waals surface area (Å²) >= 11 is 0. The van der Waals surface area contributed by atoms with E-state index in [9.17, 15) is 4.79 Å². The molecule has 3 N–H and O–H groups in total. The summed E-state index contributed by atoms with van der Waals surface area (Å²) in [5, 5.41) is 2.87. The zero-order chi connectivity index (χ0) is 13.2. The molecule has 1 aromatic heterocycles. The summed E-state index contributed by atoms with van der Waals surface area (Å²) in [6, 6.07) is 9.38. The van der Waals surface area contributed by atoms with Gasteiger partial charge < -0.3 is 11.1 Å². The van der Waals surface area contributed by atoms with E-state index in [1.54, 1.807) is 12.1 Å². The zero-order valence-corrected chi connectivity index (χ0v) is 10.5. The summed E-state index contributed by atoms with van der Waals surface area (Å²) in [4.78, 5) is 16.0. The normalized spacial score (nSPS) is 13.1. The van der Waals surface area contributed by atoms with E-state index < -0.39 is 0 Å². The van der Waals surface area contributed by atoms with Gasteiger partial charge in [-0.2, -0.15) is 0 Å². The highest BCUT2D eigenvalue weighted by Crippen LogP contribution is 2.25. The van der Waals surface area contributed by atoms with Crippen molar-refractivity contribution in [2.45, 2.75) is 19.3 Å². The molecule has 0 fully saturated rings. The van der Waals surface area contributed by atoms with Crippen LogP contribution in [0.3, 0.4) is 0 Å². The Kier molecular flexibility index (Phi) is 2.91. The van der Waals surface area contributed by atoms with Crippen LogP contribution in [0.5, 0.6) is 0 Å². The van der Waals surface area contributed by atoms with Gasteiger partial charge in [-0.15, -0.1) is 0 Å². The molecule has 0 radical (unpaired) electrons. The number of pyridine rings is 1. The van der Waals surface area contributed by atoms with Crippen LogP contribution in [0.25, 0.3) is 0 Å². The molecule has 1 aliphatic rings. The van der Waals surface area contributed by atoms with Gasteiger partial charge in [0.05, 0.1) is 11.9 Å². The van der Waals surface area contributed by atoms with Gasteiger partial charge >= 0.3 is 0 Å². The summed E-state index contributed by atoms with van der Waals surface area (Å²) in [5.41, 5.74) is 10.0. The zero-order valence-electron chi connectivity index (χ0n) is 10.5. The van der Waals surface area contributed by atoms with Crippen molar-refractivity contribution in [3.63, 3.8) is 0 Å². The molecule has 1 amide bonds. The maximum Gasteiger partial charge on any atom is 0.274 e. The van der Waals surface area contributed by atoms with Gasteiger partial charge in [0.2, 0.25) is 0 Å². The Hall–Kier alpha value is -2.36. The number of aryl methyl sites for hydroxylation is 2. The molecule has 4 nitrogen and oxygen atoms in total. The van der Waals surface area contributed by atoms with Crippen LogP contribution < -0.4 is 11.1 Å². The Balaban J connectivity index is 1.77. The van der Waals surface area contributed by atoms with E-state index >= 15 is 0 Å². The molecule has 3 rings (SSSR count). The number of hydrogen-bond acceptors (Lipinski definition) is 3. The van der Waals surface area contributed by atoms with E-state index in [0.29, 0.717) is 11.4 Å². The summed E-state index contributed by atoms with van der Waals surface area (Å²) in [6.07, 6.45) is 4.92. The molecule has 0 spiro atoms. The number of aromatic nitrogens is 1. The average Bonchev–Trinajstić information content (AvgIpc) is 2.87. The van der Waals surface area contributed by atoms with Crippen LogP contribution in [0.2, 0.25) is 0 Å². The molecule has 1 aromatic carbocycles. The van der Waals surface area contributed by atoms with Crippen molar-refractivity contribution in [1.29, 1.82) is 0 Å². The van der Waals surface area contributed by atoms with Crippen molar-refractivity contribution in [2.75, 3.05) is 11.1 Å². The van der Waals surface area contributed by atoms with Crippen LogP contribution in [-0.4, -0.2) is 10.9 Å². The first kappa shape index (κ1) is 11.7. The van der Waals surface area contributed by atoms with Crippen molar-refractivity contribution in [3.8, 4) is 0 Å². The second-order valence-corrected chi connectivity index (χ2v) is 4.77. The van der Waals surface area contributed by atoms with Crippen molar-refractivity contribution >= 4 is 17.3 Å². The molecule has 2 aromatic rings. The van der Waals surface area contributed by atoms with Crippen LogP contribution in [-0.2, 0) is 12.8 Å². The number of hydrogen-bond donors (Lipinski definition) is 2. The largest absolute Gasteiger partial charge is 0.397 e. The number of nitrogens with two attached hydrogens (primary N) is 1. The molecule has 0 aliphatic heterocycles. The quantitative estimate of drug-likeness (QED) is 0.863. The Morgan fingerprint density at radius 1 is 1.16 bits per heavy atom. The molecular formula is C15H15N3O. The number of anilines is 2. The molecule has 0 unspecified atom stereocenters. The van der Waals surface area contributed by atoms with Gasteiger partial charge in [-0.05, 0) is 54.7 Å². The van der Waals surface area contributed by atoms with Gasteiger partial charge in [-0.1, -0.05) is 6.07 Å². The number of amides is 1. The second-order valence-electron chi connectivity index (χ2n) is 4.77. The number of nitrogen functional groups attached to an aromatic ring is 1. The van der Waals surface area contributed by atoms with E-state index in [1.165, 1.54) is 23.7 Å². The summed E-state index contributed by atoms with van der Waals surface area (Å²) in [6.45, 7) is 0. The number of fused-ring (bicyclic) bond motifs is 1. The number of rotatable bonds is 2. The van der Waals surface area contributed by atoms with Crippen LogP contribution in [0.15, 0.2) is 36.5 Å². The Morgan fingerprint density at radius 2 is 2.00 bits per heavy atom. The lowest BCUT2D eigenvalue weighted by molar-refractivity contribution is 0.102. The average molecular weight is 253 g/mol. The highest BCUT2D eigenvalue weighted by molar-refractivity contribution is 6.03. The maximum absolute atomic E-state index is 12.0. The third-order valence-electron chi connectivity index (χ3n) is 3.38. The lowest BCUT2D eigenvalue weighted by Gasteiger charge is -2.07. The highest BCUT2D eigenvalue weighted by Gasteiger charge is 2.12. The molecule has 1 aliphatic carbocycles. The van der Waals surface area contributed by atoms with Gasteiger partial charge in [0.25, 0.3) is 5.91 Å². The summed E-state index contributed by atoms with van der Waals surface area (Å²) in [5.74, 6) is -0.210. The van der Waals surface area contributed by atoms with Gasteiger partial charge in [0.15, 0.2) is 0 Å². The van der Waals surface area contributed by atoms with Crippen LogP contribution >= 0.6 is 0 Å². The number of nitrogens with one attached hydrogen (secondary N) is 1. The smallest absolute Gasteiger partial charge is 0.274 e. The van der Waals surface area contributed by atoms with E-state index in [4.69, 9.17) is 5.73 Å². The van der Waals surface area contributed by atoms with Gasteiger partial charge in [-0.25, -0.2) is 4.98 Å². The van der Waals surface area contributed by atoms with Crippen LogP contribution in [0, 0.1) is 0 Å². The number of benzene rings is 1.